The van der Waals surface area contributed by atoms with E-state index in [1.807, 2.05) is 24.3 Å². The summed E-state index contributed by atoms with van der Waals surface area (Å²) in [6, 6.07) is 16.4. The lowest BCUT2D eigenvalue weighted by Crippen LogP contribution is -2.38. The van der Waals surface area contributed by atoms with Crippen LogP contribution in [0.3, 0.4) is 0 Å². The van der Waals surface area contributed by atoms with Crippen molar-refractivity contribution in [2.45, 2.75) is 25.2 Å². The maximum Gasteiger partial charge on any atom is 0.407 e. The van der Waals surface area contributed by atoms with Crippen molar-refractivity contribution in [3.8, 4) is 11.1 Å². The van der Waals surface area contributed by atoms with Gasteiger partial charge in [-0.25, -0.2) is 9.59 Å². The van der Waals surface area contributed by atoms with Crippen molar-refractivity contribution in [3.05, 3.63) is 71.8 Å². The summed E-state index contributed by atoms with van der Waals surface area (Å²) < 4.78 is 5.58. The molecule has 0 aliphatic heterocycles. The van der Waals surface area contributed by atoms with E-state index < -0.39 is 12.1 Å². The fraction of sp³-hybridized carbons (Fsp3) is 0.346. The third-order valence-corrected chi connectivity index (χ3v) is 6.50. The average Bonchev–Trinajstić information content (AvgIpc) is 3.42. The van der Waals surface area contributed by atoms with Gasteiger partial charge in [-0.05, 0) is 41.0 Å². The van der Waals surface area contributed by atoms with Crippen LogP contribution in [0.1, 0.15) is 36.3 Å². The summed E-state index contributed by atoms with van der Waals surface area (Å²) in [5, 5.41) is 14.2. The number of ether oxygens (including phenoxy) is 1. The second-order valence-corrected chi connectivity index (χ2v) is 8.49. The van der Waals surface area contributed by atoms with Crippen molar-refractivity contribution < 1.29 is 24.2 Å². The summed E-state index contributed by atoms with van der Waals surface area (Å²) in [5.74, 6) is -1.31. The second-order valence-electron chi connectivity index (χ2n) is 8.49. The highest BCUT2D eigenvalue weighted by atomic mass is 16.5. The summed E-state index contributed by atoms with van der Waals surface area (Å²) in [7, 11) is 0. The Labute approximate surface area is 192 Å². The molecule has 3 N–H and O–H groups in total. The topological polar surface area (TPSA) is 105 Å². The Kier molecular flexibility index (Phi) is 7.07. The molecule has 1 fully saturated rings. The summed E-state index contributed by atoms with van der Waals surface area (Å²) in [5.41, 5.74) is 4.69. The van der Waals surface area contributed by atoms with Crippen LogP contribution in [0.4, 0.5) is 4.79 Å². The highest BCUT2D eigenvalue weighted by molar-refractivity contribution is 5.81. The predicted molar refractivity (Wildman–Crippen MR) is 124 cm³/mol. The number of nitrogens with one attached hydrogen (secondary N) is 2. The van der Waals surface area contributed by atoms with Gasteiger partial charge in [0.05, 0.1) is 0 Å². The molecule has 2 aromatic carbocycles. The lowest BCUT2D eigenvalue weighted by atomic mass is 9.95. The largest absolute Gasteiger partial charge is 0.478 e. The SMILES string of the molecule is O=C(O)/C=C/CNC(=O)[C@H]1CCC[C@H]1CNC(=O)OCC1c2ccccc2-c2ccccc21. The number of benzene rings is 2. The van der Waals surface area contributed by atoms with Crippen LogP contribution in [0, 0.1) is 11.8 Å². The van der Waals surface area contributed by atoms with Crippen LogP contribution in [0.15, 0.2) is 60.7 Å². The summed E-state index contributed by atoms with van der Waals surface area (Å²) in [6.07, 6.45) is 4.45. The summed E-state index contributed by atoms with van der Waals surface area (Å²) in [6.45, 7) is 0.804. The number of fused-ring (bicyclic) bond motifs is 3. The fourth-order valence-electron chi connectivity index (χ4n) is 4.94. The smallest absolute Gasteiger partial charge is 0.407 e. The number of amides is 2. The Hall–Kier alpha value is -3.61. The maximum atomic E-state index is 12.4. The third kappa shape index (κ3) is 5.25. The number of hydrogen-bond acceptors (Lipinski definition) is 4. The quantitative estimate of drug-likeness (QED) is 0.534. The molecule has 0 heterocycles. The van der Waals surface area contributed by atoms with Gasteiger partial charge < -0.3 is 20.5 Å². The third-order valence-electron chi connectivity index (χ3n) is 6.50. The van der Waals surface area contributed by atoms with Gasteiger partial charge in [-0.2, -0.15) is 0 Å². The van der Waals surface area contributed by atoms with E-state index in [1.54, 1.807) is 0 Å². The monoisotopic (exact) mass is 448 g/mol. The molecule has 0 radical (unpaired) electrons. The number of carboxylic acid groups (broad SMARTS) is 1. The second kappa shape index (κ2) is 10.3. The van der Waals surface area contributed by atoms with Crippen LogP contribution in [0.5, 0.6) is 0 Å². The van der Waals surface area contributed by atoms with Crippen molar-refractivity contribution in [3.63, 3.8) is 0 Å². The molecule has 0 spiro atoms. The molecule has 0 bridgehead atoms. The number of carboxylic acids is 1. The Balaban J connectivity index is 1.28. The van der Waals surface area contributed by atoms with E-state index in [0.717, 1.165) is 36.5 Å². The molecule has 7 heteroatoms. The molecule has 2 aliphatic carbocycles. The number of carbonyl (C=O) groups excluding carboxylic acids is 2. The van der Waals surface area contributed by atoms with Crippen LogP contribution in [-0.2, 0) is 14.3 Å². The van der Waals surface area contributed by atoms with E-state index >= 15 is 0 Å². The molecule has 2 amide bonds. The Morgan fingerprint density at radius 2 is 1.64 bits per heavy atom. The minimum absolute atomic E-state index is 0.00649. The Bertz CT molecular complexity index is 1020. The van der Waals surface area contributed by atoms with E-state index in [2.05, 4.69) is 34.9 Å². The van der Waals surface area contributed by atoms with Gasteiger partial charge >= 0.3 is 12.1 Å². The lowest BCUT2D eigenvalue weighted by Gasteiger charge is -2.20. The van der Waals surface area contributed by atoms with Crippen LogP contribution < -0.4 is 10.6 Å². The molecular weight excluding hydrogens is 420 g/mol. The first-order chi connectivity index (χ1) is 16.0. The van der Waals surface area contributed by atoms with Crippen molar-refractivity contribution in [2.75, 3.05) is 19.7 Å². The van der Waals surface area contributed by atoms with Gasteiger partial charge in [0, 0.05) is 31.0 Å². The predicted octanol–water partition coefficient (Wildman–Crippen LogP) is 3.70. The van der Waals surface area contributed by atoms with Gasteiger partial charge in [0.2, 0.25) is 5.91 Å². The van der Waals surface area contributed by atoms with Crippen molar-refractivity contribution in [1.82, 2.24) is 10.6 Å². The zero-order valence-electron chi connectivity index (χ0n) is 18.3. The van der Waals surface area contributed by atoms with Gasteiger partial charge in [-0.1, -0.05) is 61.0 Å². The number of carbonyl (C=O) groups is 3. The molecule has 4 rings (SSSR count). The zero-order valence-corrected chi connectivity index (χ0v) is 18.3. The van der Waals surface area contributed by atoms with Gasteiger partial charge in [0.25, 0.3) is 0 Å². The average molecular weight is 449 g/mol. The van der Waals surface area contributed by atoms with Crippen molar-refractivity contribution in [1.29, 1.82) is 0 Å². The molecule has 2 aromatic rings. The zero-order chi connectivity index (χ0) is 23.2. The number of hydrogen-bond donors (Lipinski definition) is 3. The van der Waals surface area contributed by atoms with Crippen molar-refractivity contribution >= 4 is 18.0 Å². The number of rotatable bonds is 8. The molecule has 0 saturated heterocycles. The molecule has 1 saturated carbocycles. The lowest BCUT2D eigenvalue weighted by molar-refractivity contribution is -0.131. The van der Waals surface area contributed by atoms with Gasteiger partial charge in [-0.3, -0.25) is 4.79 Å². The molecule has 172 valence electrons. The summed E-state index contributed by atoms with van der Waals surface area (Å²) in [4.78, 5) is 35.4. The highest BCUT2D eigenvalue weighted by Crippen LogP contribution is 2.44. The maximum absolute atomic E-state index is 12.4. The van der Waals surface area contributed by atoms with E-state index in [1.165, 1.54) is 17.2 Å². The number of alkyl carbamates (subject to hydrolysis) is 1. The van der Waals surface area contributed by atoms with E-state index in [9.17, 15) is 14.4 Å². The molecule has 0 unspecified atom stereocenters. The van der Waals surface area contributed by atoms with E-state index in [0.29, 0.717) is 6.54 Å². The van der Waals surface area contributed by atoms with E-state index in [4.69, 9.17) is 9.84 Å². The number of aliphatic carboxylic acids is 1. The minimum Gasteiger partial charge on any atom is -0.478 e. The van der Waals surface area contributed by atoms with E-state index in [-0.39, 0.29) is 36.8 Å². The van der Waals surface area contributed by atoms with Gasteiger partial charge in [0.1, 0.15) is 6.61 Å². The molecule has 33 heavy (non-hydrogen) atoms. The standard InChI is InChI=1S/C26H28N2O5/c29-24(30)13-6-14-27-25(31)18-12-5-7-17(18)15-28-26(32)33-16-23-21-10-3-1-8-19(21)20-9-2-4-11-22(20)23/h1-4,6,8-11,13,17-18,23H,5,7,12,14-16H2,(H,27,31)(H,28,32)(H,29,30)/b13-6+/t17-,18-/m0/s1. The minimum atomic E-state index is -1.05. The van der Waals surface area contributed by atoms with Gasteiger partial charge in [-0.15, -0.1) is 0 Å². The molecule has 7 nitrogen and oxygen atoms in total. The van der Waals surface area contributed by atoms with Crippen LogP contribution in [0.25, 0.3) is 11.1 Å². The Morgan fingerprint density at radius 3 is 2.30 bits per heavy atom. The van der Waals surface area contributed by atoms with Crippen LogP contribution >= 0.6 is 0 Å². The molecular formula is C26H28N2O5. The molecule has 0 aromatic heterocycles. The first-order valence-electron chi connectivity index (χ1n) is 11.3. The molecule has 2 atom stereocenters. The van der Waals surface area contributed by atoms with Crippen LogP contribution in [-0.4, -0.2) is 42.8 Å². The normalized spacial score (nSPS) is 19.2. The fourth-order valence-corrected chi connectivity index (χ4v) is 4.94. The summed E-state index contributed by atoms with van der Waals surface area (Å²) >= 11 is 0. The Morgan fingerprint density at radius 1 is 0.970 bits per heavy atom. The van der Waals surface area contributed by atoms with Crippen molar-refractivity contribution in [2.24, 2.45) is 11.8 Å². The molecule has 2 aliphatic rings. The van der Waals surface area contributed by atoms with Gasteiger partial charge in [0.15, 0.2) is 0 Å². The van der Waals surface area contributed by atoms with Crippen LogP contribution in [0.2, 0.25) is 0 Å². The highest BCUT2D eigenvalue weighted by Gasteiger charge is 2.33. The first kappa shape index (κ1) is 22.6. The first-order valence-corrected chi connectivity index (χ1v) is 11.3.